The van der Waals surface area contributed by atoms with Gasteiger partial charge in [-0.25, -0.2) is 14.4 Å². The Labute approximate surface area is 173 Å². The molecule has 0 aliphatic carbocycles. The van der Waals surface area contributed by atoms with E-state index in [1.165, 1.54) is 46.9 Å². The van der Waals surface area contributed by atoms with Crippen LogP contribution in [-0.2, 0) is 22.4 Å². The second kappa shape index (κ2) is 9.34. The second-order valence-electron chi connectivity index (χ2n) is 5.82. The van der Waals surface area contributed by atoms with E-state index in [-0.39, 0.29) is 24.7 Å². The van der Waals surface area contributed by atoms with Crippen LogP contribution in [0.3, 0.4) is 0 Å². The van der Waals surface area contributed by atoms with Crippen molar-refractivity contribution < 1.29 is 18.8 Å². The van der Waals surface area contributed by atoms with Gasteiger partial charge in [0.05, 0.1) is 24.2 Å². The van der Waals surface area contributed by atoms with E-state index in [1.54, 1.807) is 17.8 Å². The molecule has 0 atom stereocenters. The Morgan fingerprint density at radius 2 is 1.45 bits per heavy atom. The zero-order chi connectivity index (χ0) is 20.8. The van der Waals surface area contributed by atoms with Crippen molar-refractivity contribution in [3.8, 4) is 0 Å². The van der Waals surface area contributed by atoms with Gasteiger partial charge in [-0.05, 0) is 24.3 Å². The summed E-state index contributed by atoms with van der Waals surface area (Å²) < 4.78 is 12.9. The number of halogens is 1. The van der Waals surface area contributed by atoms with Crippen LogP contribution in [0.2, 0.25) is 0 Å². The van der Waals surface area contributed by atoms with Crippen molar-refractivity contribution in [2.75, 3.05) is 17.7 Å². The Morgan fingerprint density at radius 3 is 2.03 bits per heavy atom. The molecule has 3 N–H and O–H groups in total. The van der Waals surface area contributed by atoms with E-state index in [9.17, 15) is 18.8 Å². The van der Waals surface area contributed by atoms with Crippen LogP contribution in [0, 0.1) is 5.82 Å². The molecule has 2 aromatic heterocycles. The lowest BCUT2D eigenvalue weighted by molar-refractivity contribution is -0.120. The van der Waals surface area contributed by atoms with Crippen molar-refractivity contribution in [3.63, 3.8) is 0 Å². The highest BCUT2D eigenvalue weighted by atomic mass is 32.1. The maximum Gasteiger partial charge on any atom is 0.257 e. The number of likely N-dealkylation sites (N-methyl/N-ethyl adjacent to an activating group) is 1. The summed E-state index contributed by atoms with van der Waals surface area (Å²) in [6, 6.07) is 5.15. The molecule has 3 aromatic rings. The zero-order valence-corrected chi connectivity index (χ0v) is 16.8. The molecule has 0 fully saturated rings. The maximum absolute atomic E-state index is 12.9. The molecular weight excluding hydrogens is 417 g/mol. The summed E-state index contributed by atoms with van der Waals surface area (Å²) in [4.78, 5) is 44.0. The first kappa shape index (κ1) is 20.6. The Bertz CT molecular complexity index is 1030. The molecule has 0 spiro atoms. The van der Waals surface area contributed by atoms with Crippen molar-refractivity contribution >= 4 is 50.7 Å². The second-order valence-corrected chi connectivity index (χ2v) is 7.54. The van der Waals surface area contributed by atoms with Gasteiger partial charge in [0.1, 0.15) is 5.82 Å². The molecule has 11 heteroatoms. The molecule has 0 aliphatic heterocycles. The number of hydrogen-bond donors (Lipinski definition) is 3. The van der Waals surface area contributed by atoms with Gasteiger partial charge in [0, 0.05) is 23.4 Å². The van der Waals surface area contributed by atoms with Gasteiger partial charge >= 0.3 is 0 Å². The van der Waals surface area contributed by atoms with Crippen molar-refractivity contribution in [3.05, 3.63) is 57.8 Å². The van der Waals surface area contributed by atoms with Gasteiger partial charge in [0.25, 0.3) is 5.91 Å². The maximum atomic E-state index is 12.9. The highest BCUT2D eigenvalue weighted by molar-refractivity contribution is 7.14. The van der Waals surface area contributed by atoms with E-state index in [0.29, 0.717) is 27.2 Å². The van der Waals surface area contributed by atoms with Gasteiger partial charge in [-0.2, -0.15) is 0 Å². The van der Waals surface area contributed by atoms with E-state index in [0.717, 1.165) is 0 Å². The number of benzene rings is 1. The molecule has 0 saturated heterocycles. The minimum absolute atomic E-state index is 0.00722. The lowest BCUT2D eigenvalue weighted by atomic mass is 10.2. The minimum Gasteiger partial charge on any atom is -0.359 e. The number of anilines is 2. The van der Waals surface area contributed by atoms with Crippen LogP contribution in [0.5, 0.6) is 0 Å². The molecule has 3 amide bonds. The first-order valence-electron chi connectivity index (χ1n) is 8.39. The number of aromatic nitrogens is 2. The van der Waals surface area contributed by atoms with E-state index in [1.807, 2.05) is 0 Å². The molecule has 0 unspecified atom stereocenters. The number of thiazole rings is 2. The minimum atomic E-state index is -0.426. The smallest absolute Gasteiger partial charge is 0.257 e. The number of amides is 3. The first-order valence-corrected chi connectivity index (χ1v) is 10.1. The van der Waals surface area contributed by atoms with Gasteiger partial charge in [0.2, 0.25) is 11.8 Å². The summed E-state index contributed by atoms with van der Waals surface area (Å²) >= 11 is 2.41. The third-order valence-electron chi connectivity index (χ3n) is 3.64. The normalized spacial score (nSPS) is 10.4. The average Bonchev–Trinajstić information content (AvgIpc) is 3.31. The van der Waals surface area contributed by atoms with Gasteiger partial charge in [0.15, 0.2) is 10.3 Å². The predicted octanol–water partition coefficient (Wildman–Crippen LogP) is 2.46. The van der Waals surface area contributed by atoms with Crippen LogP contribution in [0.25, 0.3) is 0 Å². The highest BCUT2D eigenvalue weighted by Gasteiger charge is 2.13. The number of hydrogen-bond acceptors (Lipinski definition) is 7. The number of carbonyl (C=O) groups is 3. The molecule has 3 rings (SSSR count). The molecular formula is C18H16FN5O3S2. The Morgan fingerprint density at radius 1 is 0.897 bits per heavy atom. The lowest BCUT2D eigenvalue weighted by Gasteiger charge is -2.01. The van der Waals surface area contributed by atoms with Crippen molar-refractivity contribution in [2.45, 2.75) is 12.8 Å². The molecule has 1 aromatic carbocycles. The molecule has 0 bridgehead atoms. The van der Waals surface area contributed by atoms with E-state index in [2.05, 4.69) is 25.9 Å². The standard InChI is InChI=1S/C18H16FN5O3S2/c1-20-14(25)6-12-8-28-17(21-12)23-15(26)7-13-9-29-18(22-13)24-16(27)10-2-4-11(19)5-3-10/h2-5,8-9H,6-7H2,1H3,(H,20,25)(H,21,23,26)(H,22,24,27). The van der Waals surface area contributed by atoms with Crippen molar-refractivity contribution in [2.24, 2.45) is 0 Å². The topological polar surface area (TPSA) is 113 Å². The monoisotopic (exact) mass is 433 g/mol. The number of carbonyl (C=O) groups excluding carboxylic acids is 3. The van der Waals surface area contributed by atoms with Crippen LogP contribution in [0.1, 0.15) is 21.7 Å². The van der Waals surface area contributed by atoms with Crippen LogP contribution in [-0.4, -0.2) is 34.7 Å². The largest absolute Gasteiger partial charge is 0.359 e. The van der Waals surface area contributed by atoms with Crippen LogP contribution >= 0.6 is 22.7 Å². The summed E-state index contributed by atoms with van der Waals surface area (Å²) in [6.45, 7) is 0. The zero-order valence-electron chi connectivity index (χ0n) is 15.2. The van der Waals surface area contributed by atoms with E-state index >= 15 is 0 Å². The highest BCUT2D eigenvalue weighted by Crippen LogP contribution is 2.19. The summed E-state index contributed by atoms with van der Waals surface area (Å²) in [5.74, 6) is -1.31. The van der Waals surface area contributed by atoms with Gasteiger partial charge in [-0.3, -0.25) is 19.7 Å². The fourth-order valence-corrected chi connectivity index (χ4v) is 3.67. The summed E-state index contributed by atoms with van der Waals surface area (Å²) in [6.07, 6.45) is 0.152. The van der Waals surface area contributed by atoms with Crippen LogP contribution in [0.4, 0.5) is 14.7 Å². The molecule has 29 heavy (non-hydrogen) atoms. The van der Waals surface area contributed by atoms with Crippen molar-refractivity contribution in [1.82, 2.24) is 15.3 Å². The Kier molecular flexibility index (Phi) is 6.62. The quantitative estimate of drug-likeness (QED) is 0.530. The van der Waals surface area contributed by atoms with Crippen molar-refractivity contribution in [1.29, 1.82) is 0 Å². The molecule has 8 nitrogen and oxygen atoms in total. The summed E-state index contributed by atoms with van der Waals surface area (Å²) in [7, 11) is 1.54. The summed E-state index contributed by atoms with van der Waals surface area (Å²) in [5.41, 5.74) is 1.37. The average molecular weight is 433 g/mol. The number of nitrogens with one attached hydrogen (secondary N) is 3. The molecule has 0 aliphatic rings. The van der Waals surface area contributed by atoms with Gasteiger partial charge in [-0.1, -0.05) is 0 Å². The van der Waals surface area contributed by atoms with Crippen LogP contribution < -0.4 is 16.0 Å². The lowest BCUT2D eigenvalue weighted by Crippen LogP contribution is -2.20. The van der Waals surface area contributed by atoms with E-state index in [4.69, 9.17) is 0 Å². The third kappa shape index (κ3) is 5.90. The molecule has 0 radical (unpaired) electrons. The first-order chi connectivity index (χ1) is 13.9. The van der Waals surface area contributed by atoms with Crippen LogP contribution in [0.15, 0.2) is 35.0 Å². The van der Waals surface area contributed by atoms with E-state index < -0.39 is 11.7 Å². The number of nitrogens with zero attached hydrogens (tertiary/aromatic N) is 2. The molecule has 0 saturated carbocycles. The van der Waals surface area contributed by atoms with Gasteiger partial charge in [-0.15, -0.1) is 22.7 Å². The fourth-order valence-electron chi connectivity index (χ4n) is 2.24. The SMILES string of the molecule is CNC(=O)Cc1csc(NC(=O)Cc2csc(NC(=O)c3ccc(F)cc3)n2)n1. The third-order valence-corrected chi connectivity index (χ3v) is 5.25. The number of rotatable bonds is 7. The molecule has 2 heterocycles. The Hall–Kier alpha value is -3.18. The molecule has 150 valence electrons. The predicted molar refractivity (Wildman–Crippen MR) is 109 cm³/mol. The fraction of sp³-hybridized carbons (Fsp3) is 0.167. The Balaban J connectivity index is 1.53. The van der Waals surface area contributed by atoms with Gasteiger partial charge < -0.3 is 10.6 Å². The summed E-state index contributed by atoms with van der Waals surface area (Å²) in [5, 5.41) is 11.9.